The van der Waals surface area contributed by atoms with Crippen LogP contribution in [0.25, 0.3) is 0 Å². The quantitative estimate of drug-likeness (QED) is 0.275. The number of benzene rings is 1. The van der Waals surface area contributed by atoms with Gasteiger partial charge in [0.05, 0.1) is 5.69 Å². The third-order valence-electron chi connectivity index (χ3n) is 1.21. The van der Waals surface area contributed by atoms with Gasteiger partial charge < -0.3 is 5.73 Å². The van der Waals surface area contributed by atoms with Gasteiger partial charge in [0.15, 0.2) is 0 Å². The highest BCUT2D eigenvalue weighted by molar-refractivity contribution is 5.55. The molecule has 0 saturated carbocycles. The van der Waals surface area contributed by atoms with Crippen LogP contribution in [-0.4, -0.2) is 6.34 Å². The Morgan fingerprint density at radius 1 is 1.27 bits per heavy atom. The van der Waals surface area contributed by atoms with Gasteiger partial charge in [0.1, 0.15) is 6.34 Å². The van der Waals surface area contributed by atoms with Crippen molar-refractivity contribution in [3.8, 4) is 0 Å². The average molecular weight is 150 g/mol. The van der Waals surface area contributed by atoms with Gasteiger partial charge in [-0.25, -0.2) is 5.84 Å². The average Bonchev–Trinajstić information content (AvgIpc) is 2.07. The van der Waals surface area contributed by atoms with E-state index in [0.29, 0.717) is 0 Å². The topological polar surface area (TPSA) is 67.6 Å². The molecule has 0 amide bonds. The summed E-state index contributed by atoms with van der Waals surface area (Å²) in [6.45, 7) is 0. The number of hydrogen-bond acceptors (Lipinski definition) is 3. The van der Waals surface area contributed by atoms with Crippen LogP contribution in [0.5, 0.6) is 0 Å². The van der Waals surface area contributed by atoms with Crippen molar-refractivity contribution in [2.45, 2.75) is 0 Å². The van der Waals surface area contributed by atoms with Crippen LogP contribution in [-0.2, 0) is 0 Å². The first kappa shape index (κ1) is 7.56. The van der Waals surface area contributed by atoms with Gasteiger partial charge in [0, 0.05) is 0 Å². The molecule has 1 rings (SSSR count). The summed E-state index contributed by atoms with van der Waals surface area (Å²) < 4.78 is 0. The van der Waals surface area contributed by atoms with E-state index < -0.39 is 0 Å². The van der Waals surface area contributed by atoms with Crippen LogP contribution in [0.2, 0.25) is 0 Å². The third kappa shape index (κ3) is 1.94. The normalized spacial score (nSPS) is 10.3. The molecule has 0 heterocycles. The van der Waals surface area contributed by atoms with E-state index in [0.717, 1.165) is 12.0 Å². The Morgan fingerprint density at radius 3 is 2.45 bits per heavy atom. The highest BCUT2D eigenvalue weighted by atomic mass is 15.6. The number of hydrazone groups is 1. The summed E-state index contributed by atoms with van der Waals surface area (Å²) in [5.41, 5.74) is 5.85. The van der Waals surface area contributed by atoms with Gasteiger partial charge in [0.25, 0.3) is 0 Å². The number of hydrazine groups is 1. The van der Waals surface area contributed by atoms with Gasteiger partial charge >= 0.3 is 0 Å². The molecule has 0 unspecified atom stereocenters. The Hall–Kier alpha value is -1.55. The van der Waals surface area contributed by atoms with Crippen LogP contribution in [0.3, 0.4) is 0 Å². The monoisotopic (exact) mass is 150 g/mol. The van der Waals surface area contributed by atoms with Crippen LogP contribution in [0.4, 0.5) is 5.69 Å². The molecular formula is C7H10N4. The SMILES string of the molecule is N/C=N\N(N)c1ccccc1. The summed E-state index contributed by atoms with van der Waals surface area (Å²) in [6, 6.07) is 9.34. The zero-order valence-electron chi connectivity index (χ0n) is 6.01. The summed E-state index contributed by atoms with van der Waals surface area (Å²) >= 11 is 0. The van der Waals surface area contributed by atoms with Crippen LogP contribution >= 0.6 is 0 Å². The lowest BCUT2D eigenvalue weighted by molar-refractivity contribution is 0.929. The van der Waals surface area contributed by atoms with Crippen molar-refractivity contribution in [2.24, 2.45) is 16.7 Å². The van der Waals surface area contributed by atoms with E-state index in [1.54, 1.807) is 0 Å². The number of hydrogen-bond donors (Lipinski definition) is 2. The standard InChI is InChI=1S/C7H10N4/c8-6-10-11(9)7-4-2-1-3-5-7/h1-6H,9H2,(H2,8,10). The Kier molecular flexibility index (Phi) is 2.46. The maximum Gasteiger partial charge on any atom is 0.108 e. The molecule has 4 nitrogen and oxygen atoms in total. The van der Waals surface area contributed by atoms with Crippen molar-refractivity contribution in [1.29, 1.82) is 0 Å². The minimum absolute atomic E-state index is 0.800. The van der Waals surface area contributed by atoms with Crippen molar-refractivity contribution in [3.63, 3.8) is 0 Å². The molecule has 1 aromatic carbocycles. The van der Waals surface area contributed by atoms with Crippen molar-refractivity contribution in [3.05, 3.63) is 30.3 Å². The van der Waals surface area contributed by atoms with E-state index in [2.05, 4.69) is 5.10 Å². The molecule has 4 heteroatoms. The van der Waals surface area contributed by atoms with Gasteiger partial charge in [-0.15, -0.1) is 5.10 Å². The van der Waals surface area contributed by atoms with Crippen LogP contribution in [0, 0.1) is 0 Å². The minimum atomic E-state index is 0.800. The van der Waals surface area contributed by atoms with E-state index in [9.17, 15) is 0 Å². The maximum atomic E-state index is 5.46. The van der Waals surface area contributed by atoms with Gasteiger partial charge in [-0.3, -0.25) is 0 Å². The van der Waals surface area contributed by atoms with Gasteiger partial charge in [0.2, 0.25) is 0 Å². The number of para-hydroxylation sites is 1. The summed E-state index contributed by atoms with van der Waals surface area (Å²) in [7, 11) is 0. The van der Waals surface area contributed by atoms with Gasteiger partial charge in [-0.1, -0.05) is 18.2 Å². The zero-order chi connectivity index (χ0) is 8.10. The molecule has 11 heavy (non-hydrogen) atoms. The van der Waals surface area contributed by atoms with Crippen LogP contribution < -0.4 is 16.7 Å². The Balaban J connectivity index is 2.76. The van der Waals surface area contributed by atoms with E-state index in [-0.39, 0.29) is 0 Å². The molecular weight excluding hydrogens is 140 g/mol. The van der Waals surface area contributed by atoms with Crippen molar-refractivity contribution >= 4 is 12.0 Å². The molecule has 0 aliphatic rings. The molecule has 0 bridgehead atoms. The smallest absolute Gasteiger partial charge is 0.108 e. The van der Waals surface area contributed by atoms with E-state index in [4.69, 9.17) is 11.6 Å². The second-order valence-corrected chi connectivity index (χ2v) is 1.94. The first-order valence-corrected chi connectivity index (χ1v) is 3.18. The van der Waals surface area contributed by atoms with Crippen molar-refractivity contribution in [1.82, 2.24) is 0 Å². The fourth-order valence-electron chi connectivity index (χ4n) is 0.719. The van der Waals surface area contributed by atoms with E-state index in [1.807, 2.05) is 30.3 Å². The molecule has 0 spiro atoms. The fraction of sp³-hybridized carbons (Fsp3) is 0. The fourth-order valence-corrected chi connectivity index (χ4v) is 0.719. The lowest BCUT2D eigenvalue weighted by Crippen LogP contribution is -2.25. The molecule has 0 aliphatic heterocycles. The molecule has 1 aromatic rings. The first-order chi connectivity index (χ1) is 5.34. The zero-order valence-corrected chi connectivity index (χ0v) is 6.01. The molecule has 4 N–H and O–H groups in total. The Bertz CT molecular complexity index is 231. The number of nitrogens with zero attached hydrogens (tertiary/aromatic N) is 2. The highest BCUT2D eigenvalue weighted by Gasteiger charge is 1.93. The van der Waals surface area contributed by atoms with Crippen LogP contribution in [0.1, 0.15) is 0 Å². The van der Waals surface area contributed by atoms with E-state index in [1.165, 1.54) is 5.12 Å². The molecule has 0 radical (unpaired) electrons. The lowest BCUT2D eigenvalue weighted by atomic mass is 10.3. The lowest BCUT2D eigenvalue weighted by Gasteiger charge is -2.09. The largest absolute Gasteiger partial charge is 0.388 e. The summed E-state index contributed by atoms with van der Waals surface area (Å²) in [5, 5.41) is 4.87. The maximum absolute atomic E-state index is 5.46. The van der Waals surface area contributed by atoms with Crippen LogP contribution in [0.15, 0.2) is 35.4 Å². The molecule has 58 valence electrons. The summed E-state index contributed by atoms with van der Waals surface area (Å²) in [4.78, 5) is 0. The molecule has 0 aromatic heterocycles. The van der Waals surface area contributed by atoms with Crippen molar-refractivity contribution < 1.29 is 0 Å². The van der Waals surface area contributed by atoms with Gasteiger partial charge in [-0.05, 0) is 12.1 Å². The van der Waals surface area contributed by atoms with Crippen molar-refractivity contribution in [2.75, 3.05) is 5.12 Å². The Morgan fingerprint density at radius 2 is 1.91 bits per heavy atom. The molecule has 0 saturated heterocycles. The van der Waals surface area contributed by atoms with Gasteiger partial charge in [-0.2, -0.15) is 5.12 Å². The first-order valence-electron chi connectivity index (χ1n) is 3.18. The summed E-state index contributed by atoms with van der Waals surface area (Å²) in [5.74, 6) is 5.46. The molecule has 0 fully saturated rings. The van der Waals surface area contributed by atoms with E-state index >= 15 is 0 Å². The molecule has 0 aliphatic carbocycles. The second-order valence-electron chi connectivity index (χ2n) is 1.94. The molecule has 0 atom stereocenters. The highest BCUT2D eigenvalue weighted by Crippen LogP contribution is 2.08. The Labute approximate surface area is 65.1 Å². The predicted molar refractivity (Wildman–Crippen MR) is 45.8 cm³/mol. The third-order valence-corrected chi connectivity index (χ3v) is 1.21. The number of anilines is 1. The number of rotatable bonds is 2. The predicted octanol–water partition coefficient (Wildman–Crippen LogP) is 0.269. The minimum Gasteiger partial charge on any atom is -0.388 e. The number of nitrogens with two attached hydrogens (primary N) is 2. The second kappa shape index (κ2) is 3.58. The summed E-state index contributed by atoms with van der Waals surface area (Å²) in [6.07, 6.45) is 1.15.